The molecule has 0 saturated carbocycles. The molecule has 0 atom stereocenters. The predicted octanol–water partition coefficient (Wildman–Crippen LogP) is 14.6. The highest BCUT2D eigenvalue weighted by atomic mass is 15.1. The smallest absolute Gasteiger partial charge is 0.162 e. The van der Waals surface area contributed by atoms with Crippen molar-refractivity contribution >= 4 is 21.9 Å². The Kier molecular flexibility index (Phi) is 9.14. The molecule has 286 valence electrons. The minimum Gasteiger partial charge on any atom is -0.294 e. The number of pyridine rings is 1. The van der Waals surface area contributed by atoms with E-state index in [1.807, 2.05) is 18.2 Å². The van der Waals surface area contributed by atoms with Gasteiger partial charge in [-0.2, -0.15) is 0 Å². The molecule has 11 rings (SSSR count). The van der Waals surface area contributed by atoms with Crippen LogP contribution in [0.2, 0.25) is 0 Å². The summed E-state index contributed by atoms with van der Waals surface area (Å²) in [6.07, 6.45) is 0. The largest absolute Gasteiger partial charge is 0.294 e. The number of fused-ring (bicyclic) bond motifs is 3. The molecule has 0 spiro atoms. The van der Waals surface area contributed by atoms with E-state index in [-0.39, 0.29) is 0 Å². The molecule has 0 amide bonds. The highest BCUT2D eigenvalue weighted by Gasteiger charge is 2.21. The van der Waals surface area contributed by atoms with Gasteiger partial charge in [0.25, 0.3) is 0 Å². The Bertz CT molecular complexity index is 3280. The lowest BCUT2D eigenvalue weighted by Gasteiger charge is -2.12. The van der Waals surface area contributed by atoms with Crippen molar-refractivity contribution in [3.63, 3.8) is 0 Å². The molecule has 8 aromatic carbocycles. The van der Waals surface area contributed by atoms with Gasteiger partial charge in [-0.25, -0.2) is 15.0 Å². The van der Waals surface area contributed by atoms with Gasteiger partial charge in [-0.15, -0.1) is 0 Å². The summed E-state index contributed by atoms with van der Waals surface area (Å²) in [6, 6.07) is 80.9. The Labute approximate surface area is 354 Å². The molecular weight excluding hydrogens is 741 g/mol. The highest BCUT2D eigenvalue weighted by Crippen LogP contribution is 2.39. The molecule has 0 N–H and O–H groups in total. The average molecular weight is 779 g/mol. The lowest BCUT2D eigenvalue weighted by Crippen LogP contribution is -1.99. The molecule has 0 saturated heterocycles. The van der Waals surface area contributed by atoms with Gasteiger partial charge in [0, 0.05) is 33.3 Å². The first-order valence-corrected chi connectivity index (χ1v) is 20.6. The van der Waals surface area contributed by atoms with Gasteiger partial charge in [0.05, 0.1) is 28.0 Å². The van der Waals surface area contributed by atoms with Crippen LogP contribution in [-0.2, 0) is 0 Å². The number of hydrogen-bond acceptors (Lipinski definition) is 3. The van der Waals surface area contributed by atoms with Crippen LogP contribution in [0.15, 0.2) is 231 Å². The Morgan fingerprint density at radius 2 is 0.754 bits per heavy atom. The topological polar surface area (TPSA) is 43.6 Å². The predicted molar refractivity (Wildman–Crippen MR) is 252 cm³/mol. The van der Waals surface area contributed by atoms with E-state index in [1.165, 1.54) is 0 Å². The zero-order valence-electron chi connectivity index (χ0n) is 33.2. The van der Waals surface area contributed by atoms with E-state index in [9.17, 15) is 0 Å². The average Bonchev–Trinajstić information content (AvgIpc) is 3.69. The Morgan fingerprint density at radius 1 is 0.295 bits per heavy atom. The maximum atomic E-state index is 5.38. The molecule has 0 bridgehead atoms. The third-order valence-corrected chi connectivity index (χ3v) is 11.4. The third kappa shape index (κ3) is 6.86. The van der Waals surface area contributed by atoms with E-state index >= 15 is 0 Å². The summed E-state index contributed by atoms with van der Waals surface area (Å²) >= 11 is 0. The van der Waals surface area contributed by atoms with Crippen molar-refractivity contribution in [1.82, 2.24) is 19.5 Å². The van der Waals surface area contributed by atoms with E-state index < -0.39 is 0 Å². The second kappa shape index (κ2) is 15.5. The molecule has 3 heterocycles. The zero-order valence-corrected chi connectivity index (χ0v) is 33.2. The molecule has 4 nitrogen and oxygen atoms in total. The van der Waals surface area contributed by atoms with Crippen LogP contribution in [0.5, 0.6) is 0 Å². The second-order valence-electron chi connectivity index (χ2n) is 15.2. The van der Waals surface area contributed by atoms with Crippen LogP contribution in [0.25, 0.3) is 106 Å². The summed E-state index contributed by atoms with van der Waals surface area (Å²) in [4.78, 5) is 15.9. The van der Waals surface area contributed by atoms with E-state index in [0.29, 0.717) is 5.82 Å². The maximum Gasteiger partial charge on any atom is 0.162 e. The zero-order chi connectivity index (χ0) is 40.5. The van der Waals surface area contributed by atoms with E-state index in [0.717, 1.165) is 100 Å². The van der Waals surface area contributed by atoms with Crippen molar-refractivity contribution in [1.29, 1.82) is 0 Å². The van der Waals surface area contributed by atoms with Crippen molar-refractivity contribution in [3.8, 4) is 84.2 Å². The molecule has 0 aliphatic carbocycles. The summed E-state index contributed by atoms with van der Waals surface area (Å²) < 4.78 is 2.26. The fraction of sp³-hybridized carbons (Fsp3) is 0. The second-order valence-corrected chi connectivity index (χ2v) is 15.2. The SMILES string of the molecule is c1ccc(-c2cc(-c3ccccc3)nc(-c3cccc(-c4cccc(-c5cccc(-c6nc(-c7ccccc7)c7c8ccccc8n(-c8ccccc8)c7n6)c5)c4)c3)c2)cc1. The molecule has 3 aromatic heterocycles. The summed E-state index contributed by atoms with van der Waals surface area (Å²) in [5.74, 6) is 0.678. The molecule has 4 heteroatoms. The van der Waals surface area contributed by atoms with Crippen LogP contribution < -0.4 is 0 Å². The normalized spacial score (nSPS) is 11.3. The van der Waals surface area contributed by atoms with Crippen LogP contribution in [0.1, 0.15) is 0 Å². The van der Waals surface area contributed by atoms with Crippen LogP contribution >= 0.6 is 0 Å². The van der Waals surface area contributed by atoms with Crippen molar-refractivity contribution in [2.24, 2.45) is 0 Å². The highest BCUT2D eigenvalue weighted by molar-refractivity contribution is 6.14. The number of aromatic nitrogens is 4. The van der Waals surface area contributed by atoms with Crippen LogP contribution in [0, 0.1) is 0 Å². The summed E-state index contributed by atoms with van der Waals surface area (Å²) in [5.41, 5.74) is 16.7. The lowest BCUT2D eigenvalue weighted by atomic mass is 9.95. The Balaban J connectivity index is 1.00. The fourth-order valence-corrected chi connectivity index (χ4v) is 8.43. The molecule has 0 aliphatic heterocycles. The summed E-state index contributed by atoms with van der Waals surface area (Å²) in [6.45, 7) is 0. The first-order valence-electron chi connectivity index (χ1n) is 20.6. The van der Waals surface area contributed by atoms with Gasteiger partial charge in [-0.1, -0.05) is 182 Å². The first kappa shape index (κ1) is 35.9. The number of hydrogen-bond donors (Lipinski definition) is 0. The minimum atomic E-state index is 0.678. The van der Waals surface area contributed by atoms with E-state index in [4.69, 9.17) is 15.0 Å². The molecule has 0 radical (unpaired) electrons. The lowest BCUT2D eigenvalue weighted by molar-refractivity contribution is 1.11. The standard InChI is InChI=1S/C57H38N4/c1-5-18-39(19-6-1)48-37-51(40-20-7-2-8-21-40)58-52(38-48)46-28-16-26-44(35-46)42-24-15-25-43(34-42)45-27-17-29-47(36-45)56-59-55(41-22-9-3-10-23-41)54-50-32-13-14-33-53(50)61(57(54)60-56)49-30-11-4-12-31-49/h1-38H. The fourth-order valence-electron chi connectivity index (χ4n) is 8.43. The molecule has 61 heavy (non-hydrogen) atoms. The van der Waals surface area contributed by atoms with Gasteiger partial charge < -0.3 is 0 Å². The van der Waals surface area contributed by atoms with Gasteiger partial charge >= 0.3 is 0 Å². The van der Waals surface area contributed by atoms with E-state index in [1.54, 1.807) is 0 Å². The molecular formula is C57H38N4. The number of rotatable bonds is 8. The van der Waals surface area contributed by atoms with Gasteiger partial charge in [0.2, 0.25) is 0 Å². The molecule has 11 aromatic rings. The molecule has 0 unspecified atom stereocenters. The van der Waals surface area contributed by atoms with Crippen molar-refractivity contribution in [2.45, 2.75) is 0 Å². The number of nitrogens with zero attached hydrogens (tertiary/aromatic N) is 4. The van der Waals surface area contributed by atoms with Gasteiger partial charge in [-0.05, 0) is 81.9 Å². The van der Waals surface area contributed by atoms with E-state index in [2.05, 4.69) is 217 Å². The number of para-hydroxylation sites is 2. The van der Waals surface area contributed by atoms with Gasteiger partial charge in [0.1, 0.15) is 5.65 Å². The number of benzene rings is 8. The van der Waals surface area contributed by atoms with Crippen LogP contribution in [-0.4, -0.2) is 19.5 Å². The maximum absolute atomic E-state index is 5.38. The first-order chi connectivity index (χ1) is 30.2. The Hall–Kier alpha value is -8.21. The summed E-state index contributed by atoms with van der Waals surface area (Å²) in [5, 5.41) is 2.16. The van der Waals surface area contributed by atoms with Crippen molar-refractivity contribution in [3.05, 3.63) is 231 Å². The molecule has 0 fully saturated rings. The third-order valence-electron chi connectivity index (χ3n) is 11.4. The summed E-state index contributed by atoms with van der Waals surface area (Å²) in [7, 11) is 0. The van der Waals surface area contributed by atoms with Gasteiger partial charge in [0.15, 0.2) is 5.82 Å². The van der Waals surface area contributed by atoms with Crippen molar-refractivity contribution in [2.75, 3.05) is 0 Å². The quantitative estimate of drug-likeness (QED) is 0.154. The van der Waals surface area contributed by atoms with Gasteiger partial charge in [-0.3, -0.25) is 4.57 Å². The van der Waals surface area contributed by atoms with Crippen LogP contribution in [0.4, 0.5) is 0 Å². The molecule has 0 aliphatic rings. The minimum absolute atomic E-state index is 0.678. The Morgan fingerprint density at radius 3 is 1.39 bits per heavy atom. The van der Waals surface area contributed by atoms with Crippen LogP contribution in [0.3, 0.4) is 0 Å². The van der Waals surface area contributed by atoms with Crippen molar-refractivity contribution < 1.29 is 0 Å². The monoisotopic (exact) mass is 778 g/mol.